The molecule has 0 radical (unpaired) electrons. The molecule has 0 spiro atoms. The smallest absolute Gasteiger partial charge is 0.230 e. The molecule has 2 aliphatic carbocycles. The van der Waals surface area contributed by atoms with Crippen molar-refractivity contribution >= 4 is 17.5 Å². The molecule has 8 heteroatoms. The van der Waals surface area contributed by atoms with Gasteiger partial charge in [-0.1, -0.05) is 39.7 Å². The number of rotatable bonds is 9. The molecule has 2 fully saturated rings. The number of carbonyl (C=O) groups is 2. The van der Waals surface area contributed by atoms with E-state index in [2.05, 4.69) is 29.5 Å². The van der Waals surface area contributed by atoms with Crippen LogP contribution in [0.25, 0.3) is 0 Å². The average molecular weight is 541 g/mol. The summed E-state index contributed by atoms with van der Waals surface area (Å²) in [5, 5.41) is 6.12. The van der Waals surface area contributed by atoms with Crippen molar-refractivity contribution in [1.82, 2.24) is 10.3 Å². The van der Waals surface area contributed by atoms with E-state index in [0.29, 0.717) is 36.7 Å². The first-order valence-electron chi connectivity index (χ1n) is 14.2. The van der Waals surface area contributed by atoms with Gasteiger partial charge in [-0.25, -0.2) is 8.78 Å². The zero-order valence-corrected chi connectivity index (χ0v) is 23.3. The van der Waals surface area contributed by atoms with Crippen molar-refractivity contribution in [3.8, 4) is 0 Å². The maximum absolute atomic E-state index is 14.1. The van der Waals surface area contributed by atoms with Crippen molar-refractivity contribution in [3.05, 3.63) is 59.9 Å². The lowest BCUT2D eigenvalue weighted by molar-refractivity contribution is -0.129. The number of nitrogens with zero attached hydrogens (tertiary/aromatic N) is 1. The third-order valence-corrected chi connectivity index (χ3v) is 8.85. The van der Waals surface area contributed by atoms with Gasteiger partial charge in [0.1, 0.15) is 0 Å². The minimum absolute atomic E-state index is 0.0216. The number of anilines is 1. The molecule has 2 saturated carbocycles. The fraction of sp³-hybridized carbons (Fsp3) is 0.581. The molecule has 2 aromatic rings. The van der Waals surface area contributed by atoms with Crippen molar-refractivity contribution in [2.75, 3.05) is 11.9 Å². The summed E-state index contributed by atoms with van der Waals surface area (Å²) in [6.45, 7) is 6.67. The molecule has 2 aliphatic rings. The minimum atomic E-state index is -0.939. The van der Waals surface area contributed by atoms with Gasteiger partial charge in [-0.15, -0.1) is 0 Å². The summed E-state index contributed by atoms with van der Waals surface area (Å²) in [4.78, 5) is 31.0. The Kier molecular flexibility index (Phi) is 9.04. The van der Waals surface area contributed by atoms with Crippen LogP contribution in [0.15, 0.2) is 42.7 Å². The fourth-order valence-corrected chi connectivity index (χ4v) is 6.93. The molecule has 4 unspecified atom stereocenters. The van der Waals surface area contributed by atoms with E-state index in [1.165, 1.54) is 6.07 Å². The van der Waals surface area contributed by atoms with Gasteiger partial charge >= 0.3 is 0 Å². The molecule has 1 heterocycles. The molecule has 4 rings (SSSR count). The fourth-order valence-electron chi connectivity index (χ4n) is 6.93. The second-order valence-electron chi connectivity index (χ2n) is 12.4. The van der Waals surface area contributed by atoms with E-state index < -0.39 is 22.5 Å². The highest BCUT2D eigenvalue weighted by molar-refractivity contribution is 5.95. The molecule has 0 aliphatic heterocycles. The number of benzene rings is 1. The van der Waals surface area contributed by atoms with Gasteiger partial charge < -0.3 is 16.4 Å². The average Bonchev–Trinajstić information content (AvgIpc) is 3.40. The van der Waals surface area contributed by atoms with E-state index in [1.807, 2.05) is 6.92 Å². The van der Waals surface area contributed by atoms with Crippen LogP contribution in [0.3, 0.4) is 0 Å². The highest BCUT2D eigenvalue weighted by atomic mass is 19.2. The maximum Gasteiger partial charge on any atom is 0.230 e. The molecule has 0 bridgehead atoms. The summed E-state index contributed by atoms with van der Waals surface area (Å²) in [6.07, 6.45) is 9.51. The molecular weight excluding hydrogens is 498 g/mol. The highest BCUT2D eigenvalue weighted by Crippen LogP contribution is 2.46. The summed E-state index contributed by atoms with van der Waals surface area (Å²) in [5.74, 6) is -1.17. The lowest BCUT2D eigenvalue weighted by atomic mass is 9.63. The van der Waals surface area contributed by atoms with Gasteiger partial charge in [0.2, 0.25) is 11.8 Å². The molecule has 0 saturated heterocycles. The zero-order chi connectivity index (χ0) is 28.2. The van der Waals surface area contributed by atoms with Gasteiger partial charge in [0.05, 0.1) is 5.41 Å². The Hall–Kier alpha value is -2.87. The summed E-state index contributed by atoms with van der Waals surface area (Å²) in [6, 6.07) is 7.00. The van der Waals surface area contributed by atoms with E-state index in [9.17, 15) is 18.4 Å². The Morgan fingerprint density at radius 1 is 1.05 bits per heavy atom. The third-order valence-electron chi connectivity index (χ3n) is 8.85. The monoisotopic (exact) mass is 540 g/mol. The topological polar surface area (TPSA) is 97.1 Å². The number of nitrogens with two attached hydrogens (primary N) is 1. The number of hydrogen-bond donors (Lipinski definition) is 3. The second-order valence-corrected chi connectivity index (χ2v) is 12.4. The molecule has 2 amide bonds. The molecule has 4 N–H and O–H groups in total. The van der Waals surface area contributed by atoms with E-state index in [4.69, 9.17) is 5.73 Å². The quantitative estimate of drug-likeness (QED) is 0.379. The van der Waals surface area contributed by atoms with Crippen LogP contribution in [0, 0.1) is 34.8 Å². The number of pyridine rings is 1. The van der Waals surface area contributed by atoms with Crippen LogP contribution in [0.2, 0.25) is 0 Å². The summed E-state index contributed by atoms with van der Waals surface area (Å²) < 4.78 is 27.7. The maximum atomic E-state index is 14.1. The molecule has 4 atom stereocenters. The number of nitrogens with one attached hydrogen (secondary N) is 2. The predicted octanol–water partition coefficient (Wildman–Crippen LogP) is 5.72. The first-order valence-corrected chi connectivity index (χ1v) is 14.2. The molecule has 212 valence electrons. The van der Waals surface area contributed by atoms with Crippen molar-refractivity contribution in [2.45, 2.75) is 83.6 Å². The Morgan fingerprint density at radius 3 is 2.38 bits per heavy atom. The van der Waals surface area contributed by atoms with Gasteiger partial charge in [-0.2, -0.15) is 0 Å². The lowest BCUT2D eigenvalue weighted by Gasteiger charge is -2.44. The van der Waals surface area contributed by atoms with Crippen LogP contribution in [0.1, 0.15) is 77.7 Å². The van der Waals surface area contributed by atoms with Crippen molar-refractivity contribution in [3.63, 3.8) is 0 Å². The number of halogens is 2. The van der Waals surface area contributed by atoms with E-state index in [0.717, 1.165) is 49.9 Å². The van der Waals surface area contributed by atoms with Crippen LogP contribution in [0.4, 0.5) is 14.5 Å². The van der Waals surface area contributed by atoms with Crippen molar-refractivity contribution in [1.29, 1.82) is 0 Å². The van der Waals surface area contributed by atoms with E-state index in [-0.39, 0.29) is 30.3 Å². The van der Waals surface area contributed by atoms with E-state index in [1.54, 1.807) is 24.5 Å². The summed E-state index contributed by atoms with van der Waals surface area (Å²) in [7, 11) is 0. The van der Waals surface area contributed by atoms with Crippen LogP contribution in [-0.4, -0.2) is 29.4 Å². The number of aromatic nitrogens is 1. The number of amides is 2. The standard InChI is InChI=1S/C31H42F2N4O2/c1-20(2)14-21-15-22(18-30(3,17-21)28(38)37-24-8-12-35-13-9-24)27(34)19-36-29(39)31(10-4-5-11-31)23-6-7-25(32)26(33)16-23/h6-9,12-13,16,20-22,27H,4-5,10-11,14-15,17-19,34H2,1-3H3,(H,36,39)(H,35,37,38). The largest absolute Gasteiger partial charge is 0.354 e. The Bertz CT molecular complexity index is 1150. The molecule has 1 aromatic carbocycles. The normalized spacial score (nSPS) is 25.3. The number of hydrogen-bond acceptors (Lipinski definition) is 4. The van der Waals surface area contributed by atoms with Crippen molar-refractivity contribution < 1.29 is 18.4 Å². The third kappa shape index (κ3) is 6.65. The SMILES string of the molecule is CC(C)CC1CC(C(N)CNC(=O)C2(c3ccc(F)c(F)c3)CCCC2)CC(C)(C(=O)Nc2ccncc2)C1. The minimum Gasteiger partial charge on any atom is -0.354 e. The Labute approximate surface area is 230 Å². The van der Waals surface area contributed by atoms with Crippen LogP contribution in [0.5, 0.6) is 0 Å². The van der Waals surface area contributed by atoms with Gasteiger partial charge in [0.25, 0.3) is 0 Å². The van der Waals surface area contributed by atoms with Gasteiger partial charge in [-0.05, 0) is 86.1 Å². The molecular formula is C31H42F2N4O2. The van der Waals surface area contributed by atoms with Crippen molar-refractivity contribution in [2.24, 2.45) is 28.9 Å². The summed E-state index contributed by atoms with van der Waals surface area (Å²) in [5.41, 5.74) is 6.49. The highest BCUT2D eigenvalue weighted by Gasteiger charge is 2.46. The lowest BCUT2D eigenvalue weighted by Crippen LogP contribution is -2.51. The van der Waals surface area contributed by atoms with Crippen LogP contribution in [-0.2, 0) is 15.0 Å². The van der Waals surface area contributed by atoms with Gasteiger partial charge in [0, 0.05) is 36.1 Å². The first kappa shape index (κ1) is 29.1. The molecule has 39 heavy (non-hydrogen) atoms. The second kappa shape index (κ2) is 12.1. The predicted molar refractivity (Wildman–Crippen MR) is 149 cm³/mol. The molecule has 6 nitrogen and oxygen atoms in total. The zero-order valence-electron chi connectivity index (χ0n) is 23.3. The van der Waals surface area contributed by atoms with Crippen LogP contribution >= 0.6 is 0 Å². The number of carbonyl (C=O) groups excluding carboxylic acids is 2. The van der Waals surface area contributed by atoms with E-state index >= 15 is 0 Å². The first-order chi connectivity index (χ1) is 18.5. The summed E-state index contributed by atoms with van der Waals surface area (Å²) >= 11 is 0. The van der Waals surface area contributed by atoms with Gasteiger partial charge in [-0.3, -0.25) is 14.6 Å². The van der Waals surface area contributed by atoms with Gasteiger partial charge in [0.15, 0.2) is 11.6 Å². The van der Waals surface area contributed by atoms with Crippen LogP contribution < -0.4 is 16.4 Å². The molecule has 1 aromatic heterocycles. The Morgan fingerprint density at radius 2 is 1.74 bits per heavy atom. The Balaban J connectivity index is 1.46.